The van der Waals surface area contributed by atoms with E-state index >= 15 is 0 Å². The smallest absolute Gasteiger partial charge is 0.238 e. The second-order valence-corrected chi connectivity index (χ2v) is 7.23. The number of aryl methyl sites for hydroxylation is 2. The summed E-state index contributed by atoms with van der Waals surface area (Å²) in [6.07, 6.45) is 1.20. The van der Waals surface area contributed by atoms with Crippen molar-refractivity contribution in [1.29, 1.82) is 0 Å². The molecule has 0 N–H and O–H groups in total. The number of rotatable bonds is 2. The molecule has 2 fully saturated rings. The summed E-state index contributed by atoms with van der Waals surface area (Å²) in [5, 5.41) is 2.46. The predicted molar refractivity (Wildman–Crippen MR) is 92.0 cm³/mol. The van der Waals surface area contributed by atoms with Crippen molar-refractivity contribution >= 4 is 23.3 Å². The molecule has 1 spiro atoms. The molecular formula is C18H23ClN2O3. The number of piperidine rings is 1. The zero-order valence-corrected chi connectivity index (χ0v) is 15.3. The van der Waals surface area contributed by atoms with Crippen LogP contribution >= 0.6 is 11.6 Å². The lowest BCUT2D eigenvalue weighted by molar-refractivity contribution is -0.165. The molecule has 130 valence electrons. The van der Waals surface area contributed by atoms with Crippen LogP contribution in [-0.4, -0.2) is 54.4 Å². The summed E-state index contributed by atoms with van der Waals surface area (Å²) < 4.78 is 0. The highest BCUT2D eigenvalue weighted by molar-refractivity contribution is 6.30. The van der Waals surface area contributed by atoms with E-state index in [1.807, 2.05) is 31.0 Å². The molecule has 2 aliphatic rings. The average Bonchev–Trinajstić information content (AvgIpc) is 2.71. The minimum absolute atomic E-state index is 0.0132. The molecule has 2 aliphatic heterocycles. The predicted octanol–water partition coefficient (Wildman–Crippen LogP) is 2.48. The van der Waals surface area contributed by atoms with Gasteiger partial charge in [-0.2, -0.15) is 5.06 Å². The first kappa shape index (κ1) is 17.4. The second kappa shape index (κ2) is 6.14. The first-order valence-corrected chi connectivity index (χ1v) is 8.57. The van der Waals surface area contributed by atoms with Crippen LogP contribution in [0, 0.1) is 13.8 Å². The van der Waals surface area contributed by atoms with Crippen LogP contribution < -0.4 is 0 Å². The number of likely N-dealkylation sites (N-methyl/N-ethyl adjacent to an activating group) is 1. The zero-order chi connectivity index (χ0) is 17.6. The summed E-state index contributed by atoms with van der Waals surface area (Å²) in [5.74, 6) is -0.819. The molecule has 0 radical (unpaired) electrons. The van der Waals surface area contributed by atoms with Crippen molar-refractivity contribution in [2.24, 2.45) is 0 Å². The van der Waals surface area contributed by atoms with E-state index in [1.54, 1.807) is 19.1 Å². The Bertz CT molecular complexity index is 672. The maximum absolute atomic E-state index is 13.3. The molecule has 6 heteroatoms. The Morgan fingerprint density at radius 3 is 2.21 bits per heavy atom. The number of carbonyl (C=O) groups excluding carboxylic acids is 2. The first-order chi connectivity index (χ1) is 11.3. The summed E-state index contributed by atoms with van der Waals surface area (Å²) in [4.78, 5) is 33.2. The van der Waals surface area contributed by atoms with Gasteiger partial charge in [0, 0.05) is 25.2 Å². The molecule has 1 aromatic carbocycles. The monoisotopic (exact) mass is 350 g/mol. The lowest BCUT2D eigenvalue weighted by atomic mass is 9.79. The molecule has 2 heterocycles. The molecule has 2 saturated heterocycles. The van der Waals surface area contributed by atoms with E-state index in [-0.39, 0.29) is 11.7 Å². The van der Waals surface area contributed by atoms with Crippen LogP contribution in [0.15, 0.2) is 12.1 Å². The van der Waals surface area contributed by atoms with Crippen LogP contribution in [0.5, 0.6) is 0 Å². The highest BCUT2D eigenvalue weighted by Crippen LogP contribution is 2.43. The van der Waals surface area contributed by atoms with Gasteiger partial charge in [0.05, 0.1) is 7.11 Å². The number of likely N-dealkylation sites (tertiary alicyclic amines) is 1. The summed E-state index contributed by atoms with van der Waals surface area (Å²) in [5.41, 5.74) is 1.89. The van der Waals surface area contributed by atoms with Crippen molar-refractivity contribution in [2.75, 3.05) is 27.2 Å². The molecule has 0 aliphatic carbocycles. The van der Waals surface area contributed by atoms with E-state index in [4.69, 9.17) is 16.4 Å². The standard InChI is InChI=1S/C18H23ClN2O3/c1-11-9-13(19)10-12(2)14(11)15-16(22)18(20(3)17(15)23)5-7-21(24-4)8-6-18/h9-10,15H,5-8H2,1-4H3. The fraction of sp³-hybridized carbons (Fsp3) is 0.556. The van der Waals surface area contributed by atoms with Crippen molar-refractivity contribution in [3.63, 3.8) is 0 Å². The van der Waals surface area contributed by atoms with Crippen LogP contribution in [0.2, 0.25) is 5.02 Å². The largest absolute Gasteiger partial charge is 0.332 e. The van der Waals surface area contributed by atoms with Crippen LogP contribution in [0.4, 0.5) is 0 Å². The Kier molecular flexibility index (Phi) is 4.45. The highest BCUT2D eigenvalue weighted by Gasteiger charge is 2.58. The molecule has 3 rings (SSSR count). The van der Waals surface area contributed by atoms with E-state index in [2.05, 4.69) is 0 Å². The Morgan fingerprint density at radius 2 is 1.71 bits per heavy atom. The molecule has 1 amide bonds. The summed E-state index contributed by atoms with van der Waals surface area (Å²) in [6, 6.07) is 3.64. The minimum atomic E-state index is -0.721. The molecule has 0 aromatic heterocycles. The van der Waals surface area contributed by atoms with Gasteiger partial charge in [0.2, 0.25) is 5.91 Å². The number of benzene rings is 1. The zero-order valence-electron chi connectivity index (χ0n) is 14.6. The van der Waals surface area contributed by atoms with E-state index < -0.39 is 11.5 Å². The topological polar surface area (TPSA) is 49.9 Å². The van der Waals surface area contributed by atoms with Gasteiger partial charge in [-0.25, -0.2) is 0 Å². The minimum Gasteiger partial charge on any atom is -0.332 e. The van der Waals surface area contributed by atoms with Crippen LogP contribution in [-0.2, 0) is 14.4 Å². The van der Waals surface area contributed by atoms with E-state index in [1.165, 1.54) is 0 Å². The van der Waals surface area contributed by atoms with Crippen molar-refractivity contribution in [3.8, 4) is 0 Å². The molecule has 24 heavy (non-hydrogen) atoms. The number of hydrogen-bond donors (Lipinski definition) is 0. The van der Waals surface area contributed by atoms with Gasteiger partial charge in [0.1, 0.15) is 11.5 Å². The summed E-state index contributed by atoms with van der Waals surface area (Å²) in [6.45, 7) is 5.11. The molecule has 5 nitrogen and oxygen atoms in total. The van der Waals surface area contributed by atoms with Crippen molar-refractivity contribution in [2.45, 2.75) is 38.1 Å². The molecule has 0 saturated carbocycles. The van der Waals surface area contributed by atoms with E-state index in [0.717, 1.165) is 16.7 Å². The van der Waals surface area contributed by atoms with Gasteiger partial charge in [-0.05, 0) is 55.5 Å². The average molecular weight is 351 g/mol. The third kappa shape index (κ3) is 2.46. The fourth-order valence-corrected chi connectivity index (χ4v) is 4.53. The summed E-state index contributed by atoms with van der Waals surface area (Å²) in [7, 11) is 3.38. The molecule has 1 aromatic rings. The number of carbonyl (C=O) groups is 2. The van der Waals surface area contributed by atoms with E-state index in [9.17, 15) is 9.59 Å². The highest BCUT2D eigenvalue weighted by atomic mass is 35.5. The van der Waals surface area contributed by atoms with Gasteiger partial charge >= 0.3 is 0 Å². The SMILES string of the molecule is CON1CCC2(CC1)C(=O)C(c1c(C)cc(Cl)cc1C)C(=O)N2C. The molecular weight excluding hydrogens is 328 g/mol. The first-order valence-electron chi connectivity index (χ1n) is 8.19. The number of amides is 1. The number of hydroxylamine groups is 2. The Morgan fingerprint density at radius 1 is 1.17 bits per heavy atom. The maximum Gasteiger partial charge on any atom is 0.238 e. The quantitative estimate of drug-likeness (QED) is 0.769. The lowest BCUT2D eigenvalue weighted by Gasteiger charge is -2.41. The second-order valence-electron chi connectivity index (χ2n) is 6.79. The van der Waals surface area contributed by atoms with Gasteiger partial charge in [-0.3, -0.25) is 9.59 Å². The van der Waals surface area contributed by atoms with Gasteiger partial charge in [-0.1, -0.05) is 11.6 Å². The summed E-state index contributed by atoms with van der Waals surface area (Å²) >= 11 is 6.10. The van der Waals surface area contributed by atoms with Gasteiger partial charge in [0.15, 0.2) is 5.78 Å². The Hall–Kier alpha value is -1.43. The number of hydrogen-bond acceptors (Lipinski definition) is 4. The van der Waals surface area contributed by atoms with Crippen LogP contribution in [0.1, 0.15) is 35.4 Å². The number of halogens is 1. The Labute approximate surface area is 147 Å². The molecule has 1 atom stereocenters. The van der Waals surface area contributed by atoms with Gasteiger partial charge in [0.25, 0.3) is 0 Å². The van der Waals surface area contributed by atoms with Gasteiger partial charge < -0.3 is 9.74 Å². The Balaban J connectivity index is 2.01. The lowest BCUT2D eigenvalue weighted by Crippen LogP contribution is -2.54. The van der Waals surface area contributed by atoms with Gasteiger partial charge in [-0.15, -0.1) is 0 Å². The number of ketones is 1. The van der Waals surface area contributed by atoms with Crippen molar-refractivity contribution < 1.29 is 14.4 Å². The van der Waals surface area contributed by atoms with Crippen LogP contribution in [0.3, 0.4) is 0 Å². The molecule has 1 unspecified atom stereocenters. The third-order valence-electron chi connectivity index (χ3n) is 5.60. The molecule has 0 bridgehead atoms. The van der Waals surface area contributed by atoms with Crippen molar-refractivity contribution in [3.05, 3.63) is 33.8 Å². The maximum atomic E-state index is 13.3. The van der Waals surface area contributed by atoms with Crippen LogP contribution in [0.25, 0.3) is 0 Å². The number of Topliss-reactive ketones (excluding diaryl/α,β-unsaturated/α-hetero) is 1. The fourth-order valence-electron chi connectivity index (χ4n) is 4.20. The third-order valence-corrected chi connectivity index (χ3v) is 5.81. The van der Waals surface area contributed by atoms with Crippen molar-refractivity contribution in [1.82, 2.24) is 9.96 Å². The normalized spacial score (nSPS) is 24.2. The van der Waals surface area contributed by atoms with E-state index in [0.29, 0.717) is 31.0 Å². The number of nitrogens with zero attached hydrogens (tertiary/aromatic N) is 2.